The maximum absolute atomic E-state index is 11.7. The Kier molecular flexibility index (Phi) is 3.27. The van der Waals surface area contributed by atoms with E-state index in [-0.39, 0.29) is 6.42 Å². The van der Waals surface area contributed by atoms with Crippen LogP contribution in [0.4, 0.5) is 0 Å². The van der Waals surface area contributed by atoms with Gasteiger partial charge in [-0.3, -0.25) is 4.79 Å². The number of hydrogen-bond acceptors (Lipinski definition) is 3. The fraction of sp³-hybridized carbons (Fsp3) is 0.833. The van der Waals surface area contributed by atoms with Crippen molar-refractivity contribution in [3.63, 3.8) is 0 Å². The van der Waals surface area contributed by atoms with E-state index >= 15 is 0 Å². The highest BCUT2D eigenvalue weighted by atomic mass is 16.5. The fourth-order valence-electron chi connectivity index (χ4n) is 2.98. The minimum atomic E-state index is -1.30. The summed E-state index contributed by atoms with van der Waals surface area (Å²) in [6.45, 7) is 9.25. The van der Waals surface area contributed by atoms with Crippen LogP contribution < -0.4 is 0 Å². The highest BCUT2D eigenvalue weighted by Crippen LogP contribution is 2.48. The average molecular weight is 243 g/mol. The Labute approximate surface area is 102 Å². The molecule has 1 aliphatic heterocycles. The van der Waals surface area contributed by atoms with Gasteiger partial charge in [0, 0.05) is 13.0 Å². The molecule has 1 heterocycles. The molecule has 0 aromatic carbocycles. The third kappa shape index (κ3) is 1.92. The summed E-state index contributed by atoms with van der Waals surface area (Å²) < 4.78 is 5.82. The highest BCUT2D eigenvalue weighted by molar-refractivity contribution is 5.84. The van der Waals surface area contributed by atoms with Gasteiger partial charge in [-0.15, -0.1) is 0 Å². The number of nitrogens with zero attached hydrogens (tertiary/aromatic N) is 1. The molecule has 1 aliphatic rings. The lowest BCUT2D eigenvalue weighted by molar-refractivity contribution is -0.168. The van der Waals surface area contributed by atoms with Gasteiger partial charge in [0.2, 0.25) is 6.41 Å². The summed E-state index contributed by atoms with van der Waals surface area (Å²) in [5.41, 5.74) is -2.77. The van der Waals surface area contributed by atoms with Crippen molar-refractivity contribution in [2.24, 2.45) is 0 Å². The molecule has 1 rings (SSSR count). The van der Waals surface area contributed by atoms with Crippen molar-refractivity contribution in [2.45, 2.75) is 57.8 Å². The van der Waals surface area contributed by atoms with E-state index < -0.39 is 22.7 Å². The summed E-state index contributed by atoms with van der Waals surface area (Å²) >= 11 is 0. The highest BCUT2D eigenvalue weighted by Gasteiger charge is 2.64. The molecule has 1 saturated heterocycles. The van der Waals surface area contributed by atoms with Gasteiger partial charge in [-0.1, -0.05) is 0 Å². The van der Waals surface area contributed by atoms with Crippen LogP contribution in [0.1, 0.15) is 41.0 Å². The van der Waals surface area contributed by atoms with Gasteiger partial charge in [0.25, 0.3) is 0 Å². The normalized spacial score (nSPS) is 29.9. The quantitative estimate of drug-likeness (QED) is 0.755. The molecule has 5 nitrogen and oxygen atoms in total. The zero-order chi connectivity index (χ0) is 13.5. The van der Waals surface area contributed by atoms with Gasteiger partial charge in [0.15, 0.2) is 5.54 Å². The molecule has 1 unspecified atom stereocenters. The van der Waals surface area contributed by atoms with Crippen LogP contribution in [-0.4, -0.2) is 45.7 Å². The van der Waals surface area contributed by atoms with E-state index in [0.29, 0.717) is 13.0 Å². The Morgan fingerprint density at radius 1 is 1.41 bits per heavy atom. The molecule has 0 aromatic rings. The molecule has 98 valence electrons. The van der Waals surface area contributed by atoms with Crippen LogP contribution in [-0.2, 0) is 14.3 Å². The van der Waals surface area contributed by atoms with Crippen molar-refractivity contribution < 1.29 is 19.4 Å². The van der Waals surface area contributed by atoms with Crippen molar-refractivity contribution in [2.75, 3.05) is 6.54 Å². The van der Waals surface area contributed by atoms with E-state index in [9.17, 15) is 14.7 Å². The molecule has 0 aliphatic carbocycles. The predicted octanol–water partition coefficient (Wildman–Crippen LogP) is 1.27. The van der Waals surface area contributed by atoms with Crippen LogP contribution in [0.3, 0.4) is 0 Å². The summed E-state index contributed by atoms with van der Waals surface area (Å²) in [6, 6.07) is 0. The number of ether oxygens (including phenoxy) is 1. The molecule has 0 aromatic heterocycles. The van der Waals surface area contributed by atoms with E-state index in [1.54, 1.807) is 20.8 Å². The number of aliphatic carboxylic acids is 1. The lowest BCUT2D eigenvalue weighted by Crippen LogP contribution is -2.63. The Morgan fingerprint density at radius 3 is 2.18 bits per heavy atom. The third-order valence-electron chi connectivity index (χ3n) is 3.52. The Hall–Kier alpha value is -1.10. The van der Waals surface area contributed by atoms with Gasteiger partial charge in [0.1, 0.15) is 0 Å². The Morgan fingerprint density at radius 2 is 1.94 bits per heavy atom. The number of likely N-dealkylation sites (N-methyl/N-ethyl adjacent to an activating group) is 1. The number of hydrogen-bond donors (Lipinski definition) is 1. The number of carbonyl (C=O) groups excluding carboxylic acids is 1. The zero-order valence-corrected chi connectivity index (χ0v) is 11.1. The molecule has 1 atom stereocenters. The number of rotatable bonds is 4. The SMILES string of the molecule is CCN(C=O)C1(C(=O)O)CC(C)(C)OC1(C)C. The summed E-state index contributed by atoms with van der Waals surface area (Å²) in [4.78, 5) is 24.2. The van der Waals surface area contributed by atoms with E-state index in [4.69, 9.17) is 4.74 Å². The number of amides is 1. The summed E-state index contributed by atoms with van der Waals surface area (Å²) in [7, 11) is 0. The largest absolute Gasteiger partial charge is 0.479 e. The second-order valence-electron chi connectivity index (χ2n) is 5.61. The Balaban J connectivity index is 3.34. The zero-order valence-electron chi connectivity index (χ0n) is 11.1. The van der Waals surface area contributed by atoms with Crippen LogP contribution in [0.25, 0.3) is 0 Å². The topological polar surface area (TPSA) is 66.8 Å². The molecule has 0 radical (unpaired) electrons. The van der Waals surface area contributed by atoms with E-state index in [1.807, 2.05) is 13.8 Å². The smallest absolute Gasteiger partial charge is 0.332 e. The van der Waals surface area contributed by atoms with Crippen molar-refractivity contribution in [1.29, 1.82) is 0 Å². The fourth-order valence-corrected chi connectivity index (χ4v) is 2.98. The standard InChI is InChI=1S/C12H21NO4/c1-6-13(8-14)12(9(15)16)7-10(2,3)17-11(12,4)5/h8H,6-7H2,1-5H3,(H,15,16). The third-order valence-corrected chi connectivity index (χ3v) is 3.52. The summed E-state index contributed by atoms with van der Waals surface area (Å²) in [5, 5.41) is 9.58. The number of carboxylic acid groups (broad SMARTS) is 1. The average Bonchev–Trinajstić information content (AvgIpc) is 2.34. The second kappa shape index (κ2) is 3.98. The first-order valence-electron chi connectivity index (χ1n) is 5.78. The van der Waals surface area contributed by atoms with Gasteiger partial charge in [0.05, 0.1) is 11.2 Å². The maximum atomic E-state index is 11.7. The lowest BCUT2D eigenvalue weighted by Gasteiger charge is -2.42. The van der Waals surface area contributed by atoms with Crippen LogP contribution in [0.2, 0.25) is 0 Å². The predicted molar refractivity (Wildman–Crippen MR) is 62.7 cm³/mol. The van der Waals surface area contributed by atoms with Crippen LogP contribution in [0.5, 0.6) is 0 Å². The minimum Gasteiger partial charge on any atom is -0.479 e. The Bertz CT molecular complexity index is 337. The van der Waals surface area contributed by atoms with Gasteiger partial charge < -0.3 is 14.7 Å². The van der Waals surface area contributed by atoms with E-state index in [0.717, 1.165) is 0 Å². The number of carbonyl (C=O) groups is 2. The first kappa shape index (κ1) is 14.0. The van der Waals surface area contributed by atoms with E-state index in [2.05, 4.69) is 0 Å². The molecule has 0 spiro atoms. The van der Waals surface area contributed by atoms with Crippen molar-refractivity contribution >= 4 is 12.4 Å². The van der Waals surface area contributed by atoms with Crippen molar-refractivity contribution in [3.8, 4) is 0 Å². The summed E-state index contributed by atoms with van der Waals surface area (Å²) in [5.74, 6) is -1.01. The molecule has 0 saturated carbocycles. The van der Waals surface area contributed by atoms with Crippen LogP contribution >= 0.6 is 0 Å². The minimum absolute atomic E-state index is 0.287. The van der Waals surface area contributed by atoms with Crippen molar-refractivity contribution in [1.82, 2.24) is 4.90 Å². The molecule has 1 fully saturated rings. The number of carboxylic acids is 1. The van der Waals surface area contributed by atoms with E-state index in [1.165, 1.54) is 4.90 Å². The van der Waals surface area contributed by atoms with Crippen LogP contribution in [0.15, 0.2) is 0 Å². The molecule has 1 N–H and O–H groups in total. The van der Waals surface area contributed by atoms with Gasteiger partial charge >= 0.3 is 5.97 Å². The summed E-state index contributed by atoms with van der Waals surface area (Å²) in [6.07, 6.45) is 0.884. The van der Waals surface area contributed by atoms with Gasteiger partial charge in [-0.25, -0.2) is 4.79 Å². The maximum Gasteiger partial charge on any atom is 0.332 e. The monoisotopic (exact) mass is 243 g/mol. The molecule has 5 heteroatoms. The van der Waals surface area contributed by atoms with Gasteiger partial charge in [-0.05, 0) is 34.6 Å². The molecular formula is C12H21NO4. The van der Waals surface area contributed by atoms with Crippen LogP contribution in [0, 0.1) is 0 Å². The first-order valence-corrected chi connectivity index (χ1v) is 5.78. The first-order chi connectivity index (χ1) is 7.63. The molecule has 17 heavy (non-hydrogen) atoms. The second-order valence-corrected chi connectivity index (χ2v) is 5.61. The van der Waals surface area contributed by atoms with Gasteiger partial charge in [-0.2, -0.15) is 0 Å². The molecule has 1 amide bonds. The molecular weight excluding hydrogens is 222 g/mol. The lowest BCUT2D eigenvalue weighted by atomic mass is 9.77. The molecule has 0 bridgehead atoms. The van der Waals surface area contributed by atoms with Crippen molar-refractivity contribution in [3.05, 3.63) is 0 Å².